The first-order valence-electron chi connectivity index (χ1n) is 12.6. The molecular weight excluding hydrogens is 540 g/mol. The number of nitrogens with zero attached hydrogens (tertiary/aromatic N) is 3. The van der Waals surface area contributed by atoms with Crippen LogP contribution in [0.15, 0.2) is 109 Å². The second-order valence-electron chi connectivity index (χ2n) is 8.77. The van der Waals surface area contributed by atoms with Crippen LogP contribution in [0.2, 0.25) is 5.15 Å². The van der Waals surface area contributed by atoms with E-state index in [1.165, 1.54) is 6.07 Å². The molecule has 0 aliphatic heterocycles. The Morgan fingerprint density at radius 2 is 1.49 bits per heavy atom. The zero-order valence-corrected chi connectivity index (χ0v) is 22.4. The fraction of sp³-hybridized carbons (Fsp3) is 0.0625. The molecule has 5 rings (SSSR count). The molecule has 0 fully saturated rings. The standard InChI is InChI=1S/C32H23ClN4O4/c33-29-18-30(41-28-17-24(19-34)11-16-27(28)39-20-22-7-3-1-4-8-22)37-31(36-29)25-12-14-26(15-13-25)35-32(38)40-21-23-9-5-2-6-10-23/h1-18H,20-21H2,(H,35,38). The summed E-state index contributed by atoms with van der Waals surface area (Å²) in [7, 11) is 0. The van der Waals surface area contributed by atoms with Crippen LogP contribution in [0.5, 0.6) is 17.4 Å². The average molecular weight is 563 g/mol. The number of ether oxygens (including phenoxy) is 3. The molecule has 1 amide bonds. The largest absolute Gasteiger partial charge is 0.485 e. The lowest BCUT2D eigenvalue weighted by molar-refractivity contribution is 0.155. The van der Waals surface area contributed by atoms with Gasteiger partial charge in [-0.2, -0.15) is 10.2 Å². The molecule has 1 heterocycles. The number of hydrogen-bond donors (Lipinski definition) is 1. The number of nitriles is 1. The van der Waals surface area contributed by atoms with E-state index in [-0.39, 0.29) is 17.6 Å². The van der Waals surface area contributed by atoms with Gasteiger partial charge in [0.2, 0.25) is 5.88 Å². The van der Waals surface area contributed by atoms with Crippen LogP contribution in [0.25, 0.3) is 11.4 Å². The minimum Gasteiger partial charge on any atom is -0.485 e. The Balaban J connectivity index is 1.28. The SMILES string of the molecule is N#Cc1ccc(OCc2ccccc2)c(Oc2cc(Cl)nc(-c3ccc(NC(=O)OCc4ccccc4)cc3)n2)c1. The quantitative estimate of drug-likeness (QED) is 0.183. The van der Waals surface area contributed by atoms with E-state index in [0.29, 0.717) is 40.7 Å². The molecule has 41 heavy (non-hydrogen) atoms. The van der Waals surface area contributed by atoms with Crippen LogP contribution in [-0.4, -0.2) is 16.1 Å². The van der Waals surface area contributed by atoms with Crippen molar-refractivity contribution in [2.24, 2.45) is 0 Å². The molecule has 0 spiro atoms. The highest BCUT2D eigenvalue weighted by Crippen LogP contribution is 2.34. The number of rotatable bonds is 9. The maximum atomic E-state index is 12.2. The van der Waals surface area contributed by atoms with Gasteiger partial charge in [0.15, 0.2) is 17.3 Å². The molecule has 1 N–H and O–H groups in total. The van der Waals surface area contributed by atoms with Crippen LogP contribution in [0.1, 0.15) is 16.7 Å². The van der Waals surface area contributed by atoms with Gasteiger partial charge in [0.05, 0.1) is 11.6 Å². The Bertz CT molecular complexity index is 1670. The fourth-order valence-electron chi connectivity index (χ4n) is 3.78. The maximum absolute atomic E-state index is 12.2. The van der Waals surface area contributed by atoms with Crippen molar-refractivity contribution >= 4 is 23.4 Å². The van der Waals surface area contributed by atoms with E-state index in [9.17, 15) is 10.1 Å². The molecule has 0 saturated carbocycles. The lowest BCUT2D eigenvalue weighted by atomic mass is 10.2. The number of nitrogens with one attached hydrogen (secondary N) is 1. The van der Waals surface area contributed by atoms with Crippen molar-refractivity contribution in [2.45, 2.75) is 13.2 Å². The predicted molar refractivity (Wildman–Crippen MR) is 155 cm³/mol. The lowest BCUT2D eigenvalue weighted by Gasteiger charge is -2.13. The highest BCUT2D eigenvalue weighted by molar-refractivity contribution is 6.29. The summed E-state index contributed by atoms with van der Waals surface area (Å²) in [6.45, 7) is 0.485. The van der Waals surface area contributed by atoms with Gasteiger partial charge in [-0.25, -0.2) is 9.78 Å². The number of aromatic nitrogens is 2. The van der Waals surface area contributed by atoms with E-state index in [2.05, 4.69) is 21.4 Å². The van der Waals surface area contributed by atoms with Crippen LogP contribution in [0.3, 0.4) is 0 Å². The van der Waals surface area contributed by atoms with E-state index in [4.69, 9.17) is 25.8 Å². The Morgan fingerprint density at radius 1 is 0.805 bits per heavy atom. The van der Waals surface area contributed by atoms with Gasteiger partial charge in [-0.15, -0.1) is 0 Å². The minimum atomic E-state index is -0.568. The third-order valence-electron chi connectivity index (χ3n) is 5.80. The molecule has 8 nitrogen and oxygen atoms in total. The number of amides is 1. The van der Waals surface area contributed by atoms with E-state index < -0.39 is 6.09 Å². The van der Waals surface area contributed by atoms with Crippen molar-refractivity contribution in [3.63, 3.8) is 0 Å². The van der Waals surface area contributed by atoms with E-state index in [0.717, 1.165) is 11.1 Å². The number of carbonyl (C=O) groups is 1. The molecule has 0 unspecified atom stereocenters. The topological polar surface area (TPSA) is 106 Å². The van der Waals surface area contributed by atoms with Crippen molar-refractivity contribution in [1.29, 1.82) is 5.26 Å². The molecule has 4 aromatic carbocycles. The third-order valence-corrected chi connectivity index (χ3v) is 5.99. The summed E-state index contributed by atoms with van der Waals surface area (Å²) >= 11 is 6.30. The van der Waals surface area contributed by atoms with E-state index in [1.54, 1.807) is 42.5 Å². The predicted octanol–water partition coefficient (Wildman–Crippen LogP) is 7.79. The van der Waals surface area contributed by atoms with Gasteiger partial charge in [0.1, 0.15) is 18.4 Å². The summed E-state index contributed by atoms with van der Waals surface area (Å²) < 4.78 is 17.3. The number of anilines is 1. The van der Waals surface area contributed by atoms with Gasteiger partial charge in [-0.05, 0) is 47.5 Å². The summed E-state index contributed by atoms with van der Waals surface area (Å²) in [4.78, 5) is 21.0. The van der Waals surface area contributed by atoms with Crippen LogP contribution in [0, 0.1) is 11.3 Å². The first kappa shape index (κ1) is 27.2. The average Bonchev–Trinajstić information content (AvgIpc) is 3.00. The van der Waals surface area contributed by atoms with E-state index >= 15 is 0 Å². The normalized spacial score (nSPS) is 10.3. The van der Waals surface area contributed by atoms with Gasteiger partial charge < -0.3 is 14.2 Å². The van der Waals surface area contributed by atoms with Gasteiger partial charge in [0, 0.05) is 23.4 Å². The van der Waals surface area contributed by atoms with E-state index in [1.807, 2.05) is 60.7 Å². The zero-order chi connectivity index (χ0) is 28.4. The summed E-state index contributed by atoms with van der Waals surface area (Å²) in [5.74, 6) is 1.24. The van der Waals surface area contributed by atoms with Crippen LogP contribution in [0.4, 0.5) is 10.5 Å². The third kappa shape index (κ3) is 7.60. The molecule has 1 aromatic heterocycles. The summed E-state index contributed by atoms with van der Waals surface area (Å²) in [5.41, 5.74) is 3.46. The molecule has 0 saturated heterocycles. The zero-order valence-electron chi connectivity index (χ0n) is 21.7. The second kappa shape index (κ2) is 13.1. The van der Waals surface area contributed by atoms with Crippen molar-refractivity contribution in [1.82, 2.24) is 9.97 Å². The lowest BCUT2D eigenvalue weighted by Crippen LogP contribution is -2.13. The van der Waals surface area contributed by atoms with Crippen molar-refractivity contribution in [3.8, 4) is 34.8 Å². The van der Waals surface area contributed by atoms with Crippen LogP contribution in [-0.2, 0) is 18.0 Å². The molecule has 9 heteroatoms. The first-order valence-corrected chi connectivity index (χ1v) is 12.9. The fourth-order valence-corrected chi connectivity index (χ4v) is 3.96. The number of hydrogen-bond acceptors (Lipinski definition) is 7. The maximum Gasteiger partial charge on any atom is 0.411 e. The van der Waals surface area contributed by atoms with Crippen molar-refractivity contribution < 1.29 is 19.0 Å². The molecular formula is C32H23ClN4O4. The Hall–Kier alpha value is -5.39. The van der Waals surface area contributed by atoms with Gasteiger partial charge in [0.25, 0.3) is 0 Å². The number of carbonyl (C=O) groups excluding carboxylic acids is 1. The van der Waals surface area contributed by atoms with Crippen LogP contribution >= 0.6 is 11.6 Å². The summed E-state index contributed by atoms with van der Waals surface area (Å²) in [5, 5.41) is 12.3. The Kier molecular flexibility index (Phi) is 8.69. The molecule has 202 valence electrons. The summed E-state index contributed by atoms with van der Waals surface area (Å²) in [6.07, 6.45) is -0.568. The molecule has 0 aliphatic rings. The van der Waals surface area contributed by atoms with Crippen molar-refractivity contribution in [3.05, 3.63) is 131 Å². The second-order valence-corrected chi connectivity index (χ2v) is 9.15. The van der Waals surface area contributed by atoms with Crippen LogP contribution < -0.4 is 14.8 Å². The molecule has 0 atom stereocenters. The highest BCUT2D eigenvalue weighted by atomic mass is 35.5. The van der Waals surface area contributed by atoms with Gasteiger partial charge in [-0.1, -0.05) is 72.3 Å². The summed E-state index contributed by atoms with van der Waals surface area (Å²) in [6, 6.07) is 34.5. The monoisotopic (exact) mass is 562 g/mol. The first-order chi connectivity index (χ1) is 20.1. The van der Waals surface area contributed by atoms with Gasteiger partial charge >= 0.3 is 6.09 Å². The molecule has 0 bridgehead atoms. The molecule has 0 aliphatic carbocycles. The number of benzene rings is 4. The Morgan fingerprint density at radius 3 is 2.17 bits per heavy atom. The molecule has 0 radical (unpaired) electrons. The van der Waals surface area contributed by atoms with Gasteiger partial charge in [-0.3, -0.25) is 5.32 Å². The Labute approximate surface area is 241 Å². The van der Waals surface area contributed by atoms with Crippen molar-refractivity contribution in [2.75, 3.05) is 5.32 Å². The minimum absolute atomic E-state index is 0.167. The highest BCUT2D eigenvalue weighted by Gasteiger charge is 2.13. The molecule has 5 aromatic rings. The smallest absolute Gasteiger partial charge is 0.411 e. The number of halogens is 1.